The second-order valence-corrected chi connectivity index (χ2v) is 4.05. The molecule has 2 aliphatic heterocycles. The number of hydrogen-bond donors (Lipinski definition) is 0. The van der Waals surface area contributed by atoms with Gasteiger partial charge in [0.15, 0.2) is 0 Å². The van der Waals surface area contributed by atoms with E-state index in [0.29, 0.717) is 0 Å². The van der Waals surface area contributed by atoms with Gasteiger partial charge in [0.1, 0.15) is 0 Å². The van der Waals surface area contributed by atoms with Crippen molar-refractivity contribution in [3.05, 3.63) is 0 Å². The molecule has 3 atom stereocenters. The first kappa shape index (κ1) is 10.8. The Balaban J connectivity index is 2.32. The van der Waals surface area contributed by atoms with Gasteiger partial charge < -0.3 is 9.47 Å². The van der Waals surface area contributed by atoms with E-state index in [-0.39, 0.29) is 12.8 Å². The number of cyclic esters (lactones) is 4. The normalized spacial score (nSPS) is 34.9. The van der Waals surface area contributed by atoms with Crippen LogP contribution in [0, 0.1) is 17.8 Å². The molecule has 86 valence electrons. The number of fused-ring (bicyclic) bond motifs is 1. The number of ether oxygens (including phenoxy) is 2. The average Bonchev–Trinajstić information content (AvgIpc) is 2.29. The van der Waals surface area contributed by atoms with Gasteiger partial charge in [-0.05, 0) is 5.92 Å². The molecule has 0 aromatic carbocycles. The smallest absolute Gasteiger partial charge is 0.317 e. The number of carbonyl (C=O) groups is 4. The molecule has 0 spiro atoms. The van der Waals surface area contributed by atoms with Crippen LogP contribution in [0.15, 0.2) is 0 Å². The molecule has 0 amide bonds. The van der Waals surface area contributed by atoms with Crippen molar-refractivity contribution >= 4 is 23.9 Å². The van der Waals surface area contributed by atoms with Crippen LogP contribution < -0.4 is 0 Å². The van der Waals surface area contributed by atoms with E-state index in [1.807, 2.05) is 0 Å². The fourth-order valence-electron chi connectivity index (χ4n) is 2.10. The van der Waals surface area contributed by atoms with E-state index in [0.717, 1.165) is 0 Å². The third-order valence-electron chi connectivity index (χ3n) is 3.05. The zero-order valence-corrected chi connectivity index (χ0v) is 8.60. The lowest BCUT2D eigenvalue weighted by molar-refractivity contribution is -0.172. The Hall–Kier alpha value is -1.72. The largest absolute Gasteiger partial charge is 0.393 e. The Labute approximate surface area is 90.9 Å². The SMILES string of the molecule is CC1C(=O)OC(=O)CC2C(=O)OC(=O)CC12. The summed E-state index contributed by atoms with van der Waals surface area (Å²) < 4.78 is 8.95. The number of esters is 4. The third-order valence-corrected chi connectivity index (χ3v) is 3.05. The van der Waals surface area contributed by atoms with E-state index in [4.69, 9.17) is 0 Å². The Morgan fingerprint density at radius 2 is 1.50 bits per heavy atom. The van der Waals surface area contributed by atoms with Crippen molar-refractivity contribution < 1.29 is 28.7 Å². The summed E-state index contributed by atoms with van der Waals surface area (Å²) in [6, 6.07) is 0. The van der Waals surface area contributed by atoms with E-state index in [9.17, 15) is 19.2 Å². The van der Waals surface area contributed by atoms with Gasteiger partial charge in [-0.1, -0.05) is 6.92 Å². The fraction of sp³-hybridized carbons (Fsp3) is 0.600. The lowest BCUT2D eigenvalue weighted by Crippen LogP contribution is -2.39. The van der Waals surface area contributed by atoms with Gasteiger partial charge in [0, 0.05) is 0 Å². The van der Waals surface area contributed by atoms with Crippen LogP contribution in [0.4, 0.5) is 0 Å². The lowest BCUT2D eigenvalue weighted by atomic mass is 9.78. The predicted molar refractivity (Wildman–Crippen MR) is 47.6 cm³/mol. The van der Waals surface area contributed by atoms with Crippen LogP contribution in [0.1, 0.15) is 19.8 Å². The molecule has 2 aliphatic rings. The minimum atomic E-state index is -0.744. The Kier molecular flexibility index (Phi) is 2.49. The molecule has 2 fully saturated rings. The molecular formula is C10H10O6. The van der Waals surface area contributed by atoms with Crippen molar-refractivity contribution in [1.82, 2.24) is 0 Å². The molecule has 6 heteroatoms. The predicted octanol–water partition coefficient (Wildman–Crippen LogP) is -0.198. The molecule has 3 unspecified atom stereocenters. The molecule has 0 bridgehead atoms. The first-order valence-electron chi connectivity index (χ1n) is 4.98. The van der Waals surface area contributed by atoms with Crippen LogP contribution in [0.2, 0.25) is 0 Å². The summed E-state index contributed by atoms with van der Waals surface area (Å²) in [6.07, 6.45) is -0.229. The molecule has 0 aliphatic carbocycles. The third kappa shape index (κ3) is 1.70. The van der Waals surface area contributed by atoms with Crippen LogP contribution in [0.3, 0.4) is 0 Å². The zero-order valence-electron chi connectivity index (χ0n) is 8.60. The highest BCUT2D eigenvalue weighted by Crippen LogP contribution is 2.35. The summed E-state index contributed by atoms with van der Waals surface area (Å²) in [5.41, 5.74) is 0. The second kappa shape index (κ2) is 3.70. The van der Waals surface area contributed by atoms with E-state index in [2.05, 4.69) is 9.47 Å². The van der Waals surface area contributed by atoms with Crippen LogP contribution in [-0.4, -0.2) is 23.9 Å². The molecule has 2 heterocycles. The maximum absolute atomic E-state index is 11.4. The molecule has 0 saturated carbocycles. The second-order valence-electron chi connectivity index (χ2n) is 4.05. The molecular weight excluding hydrogens is 216 g/mol. The topological polar surface area (TPSA) is 86.7 Å². The Morgan fingerprint density at radius 1 is 0.938 bits per heavy atom. The van der Waals surface area contributed by atoms with Crippen LogP contribution in [0.25, 0.3) is 0 Å². The van der Waals surface area contributed by atoms with Crippen LogP contribution >= 0.6 is 0 Å². The molecule has 0 radical (unpaired) electrons. The zero-order chi connectivity index (χ0) is 11.9. The van der Waals surface area contributed by atoms with E-state index >= 15 is 0 Å². The molecule has 16 heavy (non-hydrogen) atoms. The summed E-state index contributed by atoms with van der Waals surface area (Å²) in [5, 5.41) is 0. The maximum Gasteiger partial charge on any atom is 0.317 e. The minimum absolute atomic E-state index is 0.0278. The quantitative estimate of drug-likeness (QED) is 0.420. The van der Waals surface area contributed by atoms with Crippen molar-refractivity contribution in [2.75, 3.05) is 0 Å². The first-order valence-corrected chi connectivity index (χ1v) is 4.98. The number of carbonyl (C=O) groups excluding carboxylic acids is 4. The van der Waals surface area contributed by atoms with Crippen molar-refractivity contribution in [2.45, 2.75) is 19.8 Å². The van der Waals surface area contributed by atoms with E-state index in [1.165, 1.54) is 0 Å². The highest BCUT2D eigenvalue weighted by atomic mass is 16.6. The van der Waals surface area contributed by atoms with Gasteiger partial charge in [-0.2, -0.15) is 0 Å². The van der Waals surface area contributed by atoms with Crippen molar-refractivity contribution in [3.63, 3.8) is 0 Å². The summed E-state index contributed by atoms with van der Waals surface area (Å²) in [7, 11) is 0. The molecule has 0 N–H and O–H groups in total. The molecule has 0 aromatic heterocycles. The highest BCUT2D eigenvalue weighted by Gasteiger charge is 2.47. The standard InChI is InChI=1S/C10H10O6/c1-4-5-2-7(11)16-10(14)6(5)3-8(12)15-9(4)13/h4-6H,2-3H2,1H3. The lowest BCUT2D eigenvalue weighted by Gasteiger charge is -2.28. The van der Waals surface area contributed by atoms with Gasteiger partial charge in [-0.25, -0.2) is 0 Å². The highest BCUT2D eigenvalue weighted by molar-refractivity contribution is 5.96. The molecule has 2 saturated heterocycles. The van der Waals surface area contributed by atoms with E-state index in [1.54, 1.807) is 6.92 Å². The van der Waals surface area contributed by atoms with Gasteiger partial charge in [0.05, 0.1) is 24.7 Å². The van der Waals surface area contributed by atoms with Crippen molar-refractivity contribution in [2.24, 2.45) is 17.8 Å². The first-order chi connectivity index (χ1) is 7.49. The van der Waals surface area contributed by atoms with Gasteiger partial charge in [-0.3, -0.25) is 19.2 Å². The molecule has 2 rings (SSSR count). The van der Waals surface area contributed by atoms with Gasteiger partial charge >= 0.3 is 23.9 Å². The van der Waals surface area contributed by atoms with Crippen LogP contribution in [0.5, 0.6) is 0 Å². The van der Waals surface area contributed by atoms with Crippen LogP contribution in [-0.2, 0) is 28.7 Å². The minimum Gasteiger partial charge on any atom is -0.393 e. The summed E-state index contributed by atoms with van der Waals surface area (Å²) in [4.78, 5) is 45.1. The van der Waals surface area contributed by atoms with Gasteiger partial charge in [0.2, 0.25) is 0 Å². The summed E-state index contributed by atoms with van der Waals surface area (Å²) in [6.45, 7) is 1.55. The fourth-order valence-corrected chi connectivity index (χ4v) is 2.10. The van der Waals surface area contributed by atoms with E-state index < -0.39 is 41.6 Å². The average molecular weight is 226 g/mol. The summed E-state index contributed by atoms with van der Waals surface area (Å²) >= 11 is 0. The maximum atomic E-state index is 11.4. The van der Waals surface area contributed by atoms with Crippen molar-refractivity contribution in [3.8, 4) is 0 Å². The number of rotatable bonds is 0. The Bertz CT molecular complexity index is 385. The molecule has 6 nitrogen and oxygen atoms in total. The Morgan fingerprint density at radius 3 is 2.19 bits per heavy atom. The van der Waals surface area contributed by atoms with Crippen molar-refractivity contribution in [1.29, 1.82) is 0 Å². The number of hydrogen-bond acceptors (Lipinski definition) is 6. The molecule has 0 aromatic rings. The summed E-state index contributed by atoms with van der Waals surface area (Å²) in [5.74, 6) is -4.69. The van der Waals surface area contributed by atoms with Gasteiger partial charge in [-0.15, -0.1) is 0 Å². The van der Waals surface area contributed by atoms with Gasteiger partial charge in [0.25, 0.3) is 0 Å². The monoisotopic (exact) mass is 226 g/mol.